The molecule has 1 N–H and O–H groups in total. The van der Waals surface area contributed by atoms with Gasteiger partial charge in [0.2, 0.25) is 0 Å². The molecule has 0 spiro atoms. The Morgan fingerprint density at radius 3 is 2.60 bits per heavy atom. The van der Waals surface area contributed by atoms with Crippen LogP contribution >= 0.6 is 0 Å². The largest absolute Gasteiger partial charge is 0.341 e. The number of nitrogens with zero attached hydrogens (tertiary/aromatic N) is 4. The van der Waals surface area contributed by atoms with Crippen molar-refractivity contribution in [2.45, 2.75) is 0 Å². The topological polar surface area (TPSA) is 71.0 Å². The zero-order valence-corrected chi connectivity index (χ0v) is 13.5. The summed E-state index contributed by atoms with van der Waals surface area (Å²) in [7, 11) is 1.87. The highest BCUT2D eigenvalue weighted by Gasteiger charge is 2.09. The van der Waals surface area contributed by atoms with Gasteiger partial charge in [0.1, 0.15) is 6.33 Å². The van der Waals surface area contributed by atoms with Crippen LogP contribution in [-0.4, -0.2) is 27.9 Å². The van der Waals surface area contributed by atoms with Crippen molar-refractivity contribution < 1.29 is 4.79 Å². The summed E-state index contributed by atoms with van der Waals surface area (Å²) in [4.78, 5) is 26.4. The lowest BCUT2D eigenvalue weighted by Gasteiger charge is -2.18. The number of benzene rings is 1. The maximum Gasteiger partial charge on any atom is 0.255 e. The lowest BCUT2D eigenvalue weighted by atomic mass is 10.1. The molecule has 0 bridgehead atoms. The molecule has 6 nitrogen and oxygen atoms in total. The van der Waals surface area contributed by atoms with Crippen molar-refractivity contribution in [3.63, 3.8) is 0 Å². The van der Waals surface area contributed by atoms with Crippen LogP contribution in [0.4, 0.5) is 17.1 Å². The molecule has 1 amide bonds. The smallest absolute Gasteiger partial charge is 0.255 e. The molecule has 3 rings (SSSR count). The summed E-state index contributed by atoms with van der Waals surface area (Å²) in [6.45, 7) is 0. The van der Waals surface area contributed by atoms with E-state index < -0.39 is 0 Å². The Labute approximate surface area is 145 Å². The van der Waals surface area contributed by atoms with Crippen molar-refractivity contribution in [2.75, 3.05) is 17.3 Å². The number of aromatic nitrogens is 3. The van der Waals surface area contributed by atoms with Crippen molar-refractivity contribution in [3.05, 3.63) is 72.6 Å². The van der Waals surface area contributed by atoms with Gasteiger partial charge in [-0.2, -0.15) is 0 Å². The average Bonchev–Trinajstić information content (AvgIpc) is 2.68. The Morgan fingerprint density at radius 2 is 1.84 bits per heavy atom. The van der Waals surface area contributed by atoms with E-state index >= 15 is 0 Å². The Hall–Kier alpha value is -3.72. The van der Waals surface area contributed by atoms with Crippen molar-refractivity contribution in [2.24, 2.45) is 0 Å². The molecule has 6 heteroatoms. The first-order chi connectivity index (χ1) is 12.2. The number of rotatable bonds is 4. The molecule has 0 atom stereocenters. The molecule has 0 aliphatic rings. The molecule has 1 aromatic carbocycles. The van der Waals surface area contributed by atoms with Crippen LogP contribution in [0.5, 0.6) is 0 Å². The number of hydrogen-bond acceptors (Lipinski definition) is 5. The molecule has 25 heavy (non-hydrogen) atoms. The number of nitrogens with one attached hydrogen (secondary N) is 1. The van der Waals surface area contributed by atoms with E-state index in [2.05, 4.69) is 26.2 Å². The first-order valence-electron chi connectivity index (χ1n) is 7.49. The summed E-state index contributed by atoms with van der Waals surface area (Å²) in [6, 6.07) is 8.72. The monoisotopic (exact) mass is 329 g/mol. The summed E-state index contributed by atoms with van der Waals surface area (Å²) >= 11 is 0. The number of terminal acetylenes is 1. The van der Waals surface area contributed by atoms with E-state index in [1.54, 1.807) is 49.1 Å². The lowest BCUT2D eigenvalue weighted by molar-refractivity contribution is 0.102. The molecule has 0 radical (unpaired) electrons. The molecule has 0 aliphatic carbocycles. The second-order valence-electron chi connectivity index (χ2n) is 5.27. The van der Waals surface area contributed by atoms with Crippen molar-refractivity contribution in [3.8, 4) is 12.3 Å². The molecule has 3 aromatic rings. The third kappa shape index (κ3) is 3.79. The molecular weight excluding hydrogens is 314 g/mol. The van der Waals surface area contributed by atoms with Crippen molar-refractivity contribution >= 4 is 23.0 Å². The fourth-order valence-electron chi connectivity index (χ4n) is 2.25. The van der Waals surface area contributed by atoms with E-state index in [0.29, 0.717) is 16.8 Å². The molecule has 0 unspecified atom stereocenters. The fourth-order valence-corrected chi connectivity index (χ4v) is 2.25. The number of carbonyl (C=O) groups is 1. The van der Waals surface area contributed by atoms with Gasteiger partial charge in [0, 0.05) is 18.2 Å². The van der Waals surface area contributed by atoms with Crippen molar-refractivity contribution in [1.29, 1.82) is 0 Å². The van der Waals surface area contributed by atoms with E-state index in [-0.39, 0.29) is 5.91 Å². The summed E-state index contributed by atoms with van der Waals surface area (Å²) in [5.41, 5.74) is 3.34. The van der Waals surface area contributed by atoms with Gasteiger partial charge in [-0.1, -0.05) is 12.0 Å². The summed E-state index contributed by atoms with van der Waals surface area (Å²) in [5.74, 6) is 2.27. The summed E-state index contributed by atoms with van der Waals surface area (Å²) in [5, 5.41) is 2.83. The van der Waals surface area contributed by atoms with Gasteiger partial charge >= 0.3 is 0 Å². The van der Waals surface area contributed by atoms with Gasteiger partial charge in [-0.15, -0.1) is 6.42 Å². The van der Waals surface area contributed by atoms with E-state index in [1.807, 2.05) is 18.0 Å². The van der Waals surface area contributed by atoms with E-state index in [0.717, 1.165) is 11.4 Å². The molecule has 0 aliphatic heterocycles. The summed E-state index contributed by atoms with van der Waals surface area (Å²) in [6.07, 6.45) is 13.5. The van der Waals surface area contributed by atoms with Gasteiger partial charge in [-0.3, -0.25) is 9.78 Å². The third-order valence-corrected chi connectivity index (χ3v) is 3.59. The molecule has 0 saturated carbocycles. The highest BCUT2D eigenvalue weighted by molar-refractivity contribution is 6.04. The maximum absolute atomic E-state index is 12.4. The number of amides is 1. The van der Waals surface area contributed by atoms with E-state index in [9.17, 15) is 4.79 Å². The number of pyridine rings is 1. The van der Waals surface area contributed by atoms with E-state index in [1.165, 1.54) is 6.33 Å². The SMILES string of the molecule is C#Cc1cccc(C(=O)Nc2cncc(N(C)c3cncnc3)c2)c1. The van der Waals surface area contributed by atoms with Gasteiger partial charge < -0.3 is 10.2 Å². The number of hydrogen-bond donors (Lipinski definition) is 1. The molecule has 2 heterocycles. The minimum Gasteiger partial charge on any atom is -0.341 e. The lowest BCUT2D eigenvalue weighted by Crippen LogP contribution is -2.14. The summed E-state index contributed by atoms with van der Waals surface area (Å²) < 4.78 is 0. The van der Waals surface area contributed by atoms with Crippen LogP contribution in [0.15, 0.2) is 61.4 Å². The predicted octanol–water partition coefficient (Wildman–Crippen LogP) is 2.87. The zero-order valence-electron chi connectivity index (χ0n) is 13.5. The van der Waals surface area contributed by atoms with Crippen LogP contribution in [0.2, 0.25) is 0 Å². The normalized spacial score (nSPS) is 9.92. The highest BCUT2D eigenvalue weighted by Crippen LogP contribution is 2.23. The minimum absolute atomic E-state index is 0.248. The minimum atomic E-state index is -0.248. The average molecular weight is 329 g/mol. The quantitative estimate of drug-likeness (QED) is 0.745. The van der Waals surface area contributed by atoms with Crippen LogP contribution in [0.3, 0.4) is 0 Å². The van der Waals surface area contributed by atoms with Crippen molar-refractivity contribution in [1.82, 2.24) is 15.0 Å². The van der Waals surface area contributed by atoms with Gasteiger partial charge in [0.15, 0.2) is 0 Å². The zero-order chi connectivity index (χ0) is 17.6. The Balaban J connectivity index is 1.80. The Morgan fingerprint density at radius 1 is 1.08 bits per heavy atom. The molecule has 0 saturated heterocycles. The Bertz CT molecular complexity index is 934. The third-order valence-electron chi connectivity index (χ3n) is 3.59. The van der Waals surface area contributed by atoms with Crippen LogP contribution in [-0.2, 0) is 0 Å². The van der Waals surface area contributed by atoms with Gasteiger partial charge in [-0.25, -0.2) is 9.97 Å². The number of carbonyl (C=O) groups excluding carboxylic acids is 1. The second-order valence-corrected chi connectivity index (χ2v) is 5.27. The molecule has 0 fully saturated rings. The van der Waals surface area contributed by atoms with Crippen LogP contribution in [0.25, 0.3) is 0 Å². The fraction of sp³-hybridized carbons (Fsp3) is 0.0526. The van der Waals surface area contributed by atoms with Crippen LogP contribution < -0.4 is 10.2 Å². The molecular formula is C19H15N5O. The predicted molar refractivity (Wildman–Crippen MR) is 96.7 cm³/mol. The van der Waals surface area contributed by atoms with E-state index in [4.69, 9.17) is 6.42 Å². The number of anilines is 3. The molecule has 122 valence electrons. The Kier molecular flexibility index (Phi) is 4.67. The first-order valence-corrected chi connectivity index (χ1v) is 7.49. The maximum atomic E-state index is 12.4. The first kappa shape index (κ1) is 16.1. The molecule has 2 aromatic heterocycles. The van der Waals surface area contributed by atoms with Gasteiger partial charge in [0.25, 0.3) is 5.91 Å². The standard InChI is InChI=1S/C19H15N5O/c1-3-14-5-4-6-15(7-14)19(25)23-16-8-17(10-20-9-16)24(2)18-11-21-13-22-12-18/h1,4-13H,2H3,(H,23,25). The highest BCUT2D eigenvalue weighted by atomic mass is 16.1. The van der Waals surface area contributed by atoms with Crippen LogP contribution in [0.1, 0.15) is 15.9 Å². The van der Waals surface area contributed by atoms with Gasteiger partial charge in [0.05, 0.1) is 41.8 Å². The van der Waals surface area contributed by atoms with Gasteiger partial charge in [-0.05, 0) is 24.3 Å². The second kappa shape index (κ2) is 7.23. The van der Waals surface area contributed by atoms with Crippen LogP contribution in [0, 0.1) is 12.3 Å².